The van der Waals surface area contributed by atoms with Gasteiger partial charge in [-0.15, -0.1) is 0 Å². The summed E-state index contributed by atoms with van der Waals surface area (Å²) in [5.74, 6) is -1.74. The van der Waals surface area contributed by atoms with Crippen molar-refractivity contribution in [1.82, 2.24) is 4.98 Å². The molecule has 1 aromatic rings. The summed E-state index contributed by atoms with van der Waals surface area (Å²) in [4.78, 5) is 14.2. The number of rotatable bonds is 2. The maximum absolute atomic E-state index is 10.5. The molecule has 1 rings (SSSR count). The molecule has 4 heteroatoms. The summed E-state index contributed by atoms with van der Waals surface area (Å²) in [7, 11) is 0. The lowest BCUT2D eigenvalue weighted by Crippen LogP contribution is -2.07. The molecule has 1 heterocycles. The van der Waals surface area contributed by atoms with Gasteiger partial charge in [-0.05, 0) is 13.0 Å². The molecule has 0 fully saturated rings. The van der Waals surface area contributed by atoms with Gasteiger partial charge >= 0.3 is 5.97 Å². The molecule has 0 spiro atoms. The van der Waals surface area contributed by atoms with Crippen molar-refractivity contribution in [2.24, 2.45) is 0 Å². The predicted octanol–water partition coefficient (Wildman–Crippen LogP) is 0.975. The molecule has 0 bridgehead atoms. The van der Waals surface area contributed by atoms with Gasteiger partial charge in [0.05, 0.1) is 12.1 Å². The van der Waals surface area contributed by atoms with E-state index in [9.17, 15) is 9.90 Å². The molecule has 2 N–H and O–H groups in total. The standard InChI is InChI=1S/C8H9NO3/c1-5(8(11)12)6-2-3-9-4-7(6)10/h2-5,10H,1H3,(H,11,12). The SMILES string of the molecule is CC(C(=O)O)c1ccncc1O. The van der Waals surface area contributed by atoms with Gasteiger partial charge in [-0.2, -0.15) is 0 Å². The molecule has 1 unspecified atom stereocenters. The van der Waals surface area contributed by atoms with E-state index in [1.807, 2.05) is 0 Å². The fraction of sp³-hybridized carbons (Fsp3) is 0.250. The molecular formula is C8H9NO3. The van der Waals surface area contributed by atoms with Crippen LogP contribution in [0.5, 0.6) is 5.75 Å². The van der Waals surface area contributed by atoms with Gasteiger partial charge in [0, 0.05) is 11.8 Å². The highest BCUT2D eigenvalue weighted by molar-refractivity contribution is 5.76. The highest BCUT2D eigenvalue weighted by atomic mass is 16.4. The van der Waals surface area contributed by atoms with Gasteiger partial charge in [0.25, 0.3) is 0 Å². The van der Waals surface area contributed by atoms with Gasteiger partial charge in [-0.1, -0.05) is 0 Å². The van der Waals surface area contributed by atoms with Crippen molar-refractivity contribution in [2.45, 2.75) is 12.8 Å². The van der Waals surface area contributed by atoms with E-state index in [-0.39, 0.29) is 5.75 Å². The number of hydrogen-bond donors (Lipinski definition) is 2. The van der Waals surface area contributed by atoms with Gasteiger partial charge in [0.15, 0.2) is 0 Å². The smallest absolute Gasteiger partial charge is 0.310 e. The number of carbonyl (C=O) groups is 1. The number of aliphatic carboxylic acids is 1. The van der Waals surface area contributed by atoms with E-state index < -0.39 is 11.9 Å². The Morgan fingerprint density at radius 3 is 2.83 bits per heavy atom. The molecule has 0 amide bonds. The second-order valence-corrected chi connectivity index (χ2v) is 2.49. The average Bonchev–Trinajstić information content (AvgIpc) is 2.04. The Morgan fingerprint density at radius 1 is 1.67 bits per heavy atom. The predicted molar refractivity (Wildman–Crippen MR) is 42.0 cm³/mol. The van der Waals surface area contributed by atoms with E-state index in [1.54, 1.807) is 0 Å². The summed E-state index contributed by atoms with van der Waals surface area (Å²) >= 11 is 0. The van der Waals surface area contributed by atoms with Crippen molar-refractivity contribution in [3.8, 4) is 5.75 Å². The maximum Gasteiger partial charge on any atom is 0.310 e. The Bertz CT molecular complexity index is 298. The highest BCUT2D eigenvalue weighted by Crippen LogP contribution is 2.23. The number of carboxylic acid groups (broad SMARTS) is 1. The van der Waals surface area contributed by atoms with Gasteiger partial charge in [-0.3, -0.25) is 9.78 Å². The fourth-order valence-electron chi connectivity index (χ4n) is 0.896. The van der Waals surface area contributed by atoms with E-state index in [4.69, 9.17) is 5.11 Å². The quantitative estimate of drug-likeness (QED) is 0.688. The van der Waals surface area contributed by atoms with Crippen LogP contribution in [0.15, 0.2) is 18.5 Å². The molecule has 0 radical (unpaired) electrons. The molecule has 0 aliphatic heterocycles. The third-order valence-corrected chi connectivity index (χ3v) is 1.67. The maximum atomic E-state index is 10.5. The van der Waals surface area contributed by atoms with Crippen molar-refractivity contribution >= 4 is 5.97 Å². The number of aromatic nitrogens is 1. The van der Waals surface area contributed by atoms with Crippen LogP contribution in [0.2, 0.25) is 0 Å². The first kappa shape index (κ1) is 8.52. The molecule has 1 atom stereocenters. The monoisotopic (exact) mass is 167 g/mol. The van der Waals surface area contributed by atoms with Crippen LogP contribution in [0.25, 0.3) is 0 Å². The number of hydrogen-bond acceptors (Lipinski definition) is 3. The molecule has 4 nitrogen and oxygen atoms in total. The van der Waals surface area contributed by atoms with Crippen LogP contribution in [0, 0.1) is 0 Å². The first-order valence-corrected chi connectivity index (χ1v) is 3.48. The lowest BCUT2D eigenvalue weighted by molar-refractivity contribution is -0.138. The minimum absolute atomic E-state index is 0.0765. The number of aromatic hydroxyl groups is 1. The van der Waals surface area contributed by atoms with Crippen molar-refractivity contribution < 1.29 is 15.0 Å². The van der Waals surface area contributed by atoms with Crippen LogP contribution in [-0.2, 0) is 4.79 Å². The van der Waals surface area contributed by atoms with E-state index in [2.05, 4.69) is 4.98 Å². The van der Waals surface area contributed by atoms with Crippen molar-refractivity contribution in [3.05, 3.63) is 24.0 Å². The minimum Gasteiger partial charge on any atom is -0.506 e. The average molecular weight is 167 g/mol. The normalized spacial score (nSPS) is 12.4. The largest absolute Gasteiger partial charge is 0.506 e. The minimum atomic E-state index is -0.962. The zero-order valence-corrected chi connectivity index (χ0v) is 6.56. The number of pyridine rings is 1. The Labute approximate surface area is 69.5 Å². The zero-order valence-electron chi connectivity index (χ0n) is 6.56. The summed E-state index contributed by atoms with van der Waals surface area (Å²) in [6, 6.07) is 1.49. The first-order chi connectivity index (χ1) is 5.63. The third-order valence-electron chi connectivity index (χ3n) is 1.67. The topological polar surface area (TPSA) is 70.4 Å². The summed E-state index contributed by atoms with van der Waals surface area (Å²) in [6.07, 6.45) is 2.68. The van der Waals surface area contributed by atoms with E-state index in [0.717, 1.165) is 0 Å². The van der Waals surface area contributed by atoms with Crippen LogP contribution in [0.3, 0.4) is 0 Å². The van der Waals surface area contributed by atoms with Crippen molar-refractivity contribution in [2.75, 3.05) is 0 Å². The van der Waals surface area contributed by atoms with Crippen LogP contribution in [-0.4, -0.2) is 21.2 Å². The lowest BCUT2D eigenvalue weighted by Gasteiger charge is -2.06. The molecule has 1 aromatic heterocycles. The molecular weight excluding hydrogens is 158 g/mol. The third kappa shape index (κ3) is 1.53. The van der Waals surface area contributed by atoms with Crippen molar-refractivity contribution in [3.63, 3.8) is 0 Å². The van der Waals surface area contributed by atoms with Gasteiger partial charge in [-0.25, -0.2) is 0 Å². The number of nitrogens with zero attached hydrogens (tertiary/aromatic N) is 1. The Balaban J connectivity index is 3.02. The Hall–Kier alpha value is -1.58. The summed E-state index contributed by atoms with van der Waals surface area (Å²) in [5, 5.41) is 17.8. The summed E-state index contributed by atoms with van der Waals surface area (Å²) in [6.45, 7) is 1.51. The van der Waals surface area contributed by atoms with E-state index in [0.29, 0.717) is 5.56 Å². The van der Waals surface area contributed by atoms with Gasteiger partial charge in [0.2, 0.25) is 0 Å². The van der Waals surface area contributed by atoms with Gasteiger partial charge < -0.3 is 10.2 Å². The van der Waals surface area contributed by atoms with E-state index >= 15 is 0 Å². The fourth-order valence-corrected chi connectivity index (χ4v) is 0.896. The lowest BCUT2D eigenvalue weighted by atomic mass is 10.0. The molecule has 64 valence electrons. The molecule has 12 heavy (non-hydrogen) atoms. The summed E-state index contributed by atoms with van der Waals surface area (Å²) in [5.41, 5.74) is 0.387. The van der Waals surface area contributed by atoms with Crippen molar-refractivity contribution in [1.29, 1.82) is 0 Å². The first-order valence-electron chi connectivity index (χ1n) is 3.48. The van der Waals surface area contributed by atoms with Gasteiger partial charge in [0.1, 0.15) is 5.75 Å². The van der Waals surface area contributed by atoms with Crippen LogP contribution >= 0.6 is 0 Å². The molecule has 0 aromatic carbocycles. The van der Waals surface area contributed by atoms with E-state index in [1.165, 1.54) is 25.4 Å². The molecule has 0 aliphatic rings. The molecule has 0 aliphatic carbocycles. The van der Waals surface area contributed by atoms with Crippen LogP contribution in [0.1, 0.15) is 18.4 Å². The Morgan fingerprint density at radius 2 is 2.33 bits per heavy atom. The highest BCUT2D eigenvalue weighted by Gasteiger charge is 2.16. The van der Waals surface area contributed by atoms with Crippen LogP contribution in [0.4, 0.5) is 0 Å². The number of carboxylic acids is 1. The molecule has 0 saturated heterocycles. The second kappa shape index (κ2) is 3.21. The second-order valence-electron chi connectivity index (χ2n) is 2.49. The zero-order chi connectivity index (χ0) is 9.14. The molecule has 0 saturated carbocycles. The van der Waals surface area contributed by atoms with Crippen LogP contribution < -0.4 is 0 Å². The Kier molecular flexibility index (Phi) is 2.28. The summed E-state index contributed by atoms with van der Waals surface area (Å²) < 4.78 is 0.